The van der Waals surface area contributed by atoms with Crippen molar-refractivity contribution in [3.63, 3.8) is 0 Å². The van der Waals surface area contributed by atoms with Gasteiger partial charge < -0.3 is 15.5 Å². The number of aromatic nitrogens is 2. The summed E-state index contributed by atoms with van der Waals surface area (Å²) in [6.45, 7) is 3.98. The van der Waals surface area contributed by atoms with Gasteiger partial charge in [0.2, 0.25) is 5.91 Å². The maximum atomic E-state index is 12.7. The number of amides is 1. The molecule has 0 unspecified atom stereocenters. The van der Waals surface area contributed by atoms with Crippen molar-refractivity contribution >= 4 is 15.7 Å². The fourth-order valence-corrected chi connectivity index (χ4v) is 6.05. The highest BCUT2D eigenvalue weighted by Crippen LogP contribution is 2.22. The summed E-state index contributed by atoms with van der Waals surface area (Å²) in [5.74, 6) is 0.262. The smallest absolute Gasteiger partial charge is 0.223 e. The highest BCUT2D eigenvalue weighted by molar-refractivity contribution is 7.91. The number of hydrogen-bond donors (Lipinski definition) is 2. The van der Waals surface area contributed by atoms with E-state index >= 15 is 0 Å². The minimum absolute atomic E-state index is 0.0370. The number of piperazine rings is 1. The van der Waals surface area contributed by atoms with Gasteiger partial charge in [0.1, 0.15) is 0 Å². The predicted octanol–water partition coefficient (Wildman–Crippen LogP) is -1.09. The Kier molecular flexibility index (Phi) is 4.55. The number of fused-ring (bicyclic) bond motifs is 2. The van der Waals surface area contributed by atoms with Crippen molar-refractivity contribution in [2.75, 3.05) is 31.1 Å². The molecule has 1 amide bonds. The van der Waals surface area contributed by atoms with Gasteiger partial charge in [-0.25, -0.2) is 8.42 Å². The number of nitrogens with zero attached hydrogens (tertiary/aromatic N) is 3. The second kappa shape index (κ2) is 6.69. The molecule has 9 heteroatoms. The third-order valence-electron chi connectivity index (χ3n) is 5.34. The van der Waals surface area contributed by atoms with Crippen LogP contribution in [0.15, 0.2) is 6.07 Å². The quantitative estimate of drug-likeness (QED) is 0.705. The summed E-state index contributed by atoms with van der Waals surface area (Å²) in [6, 6.07) is 1.75. The highest BCUT2D eigenvalue weighted by atomic mass is 32.2. The highest BCUT2D eigenvalue weighted by Gasteiger charge is 2.44. The van der Waals surface area contributed by atoms with Crippen LogP contribution in [-0.4, -0.2) is 72.2 Å². The van der Waals surface area contributed by atoms with Crippen molar-refractivity contribution in [1.29, 1.82) is 0 Å². The second-order valence-electron chi connectivity index (χ2n) is 7.17. The molecule has 0 saturated carbocycles. The van der Waals surface area contributed by atoms with Crippen LogP contribution in [0.2, 0.25) is 0 Å². The van der Waals surface area contributed by atoms with E-state index in [1.54, 1.807) is 4.90 Å². The van der Waals surface area contributed by atoms with E-state index in [-0.39, 0.29) is 29.5 Å². The van der Waals surface area contributed by atoms with Crippen LogP contribution in [-0.2, 0) is 34.1 Å². The normalized spacial score (nSPS) is 28.2. The zero-order valence-corrected chi connectivity index (χ0v) is 15.1. The molecule has 25 heavy (non-hydrogen) atoms. The lowest BCUT2D eigenvalue weighted by molar-refractivity contribution is -0.134. The van der Waals surface area contributed by atoms with E-state index in [1.165, 1.54) is 5.69 Å². The lowest BCUT2D eigenvalue weighted by atomic mass is 10.1. The fraction of sp³-hybridized carbons (Fsp3) is 0.750. The van der Waals surface area contributed by atoms with E-state index in [1.807, 2.05) is 4.68 Å². The van der Waals surface area contributed by atoms with Crippen LogP contribution in [0.3, 0.4) is 0 Å². The minimum Gasteiger partial charge on any atom is -0.336 e. The van der Waals surface area contributed by atoms with E-state index in [4.69, 9.17) is 0 Å². The lowest BCUT2D eigenvalue weighted by Crippen LogP contribution is -2.59. The molecule has 2 saturated heterocycles. The summed E-state index contributed by atoms with van der Waals surface area (Å²) in [6.07, 6.45) is 2.05. The number of nitrogens with one attached hydrogen (secondary N) is 2. The summed E-state index contributed by atoms with van der Waals surface area (Å²) in [5.41, 5.74) is 2.11. The molecule has 0 spiro atoms. The first kappa shape index (κ1) is 17.0. The molecule has 0 aromatic carbocycles. The molecular formula is C16H25N5O3S. The van der Waals surface area contributed by atoms with Crippen LogP contribution in [0.4, 0.5) is 0 Å². The molecule has 3 aliphatic rings. The number of rotatable bonds is 3. The zero-order valence-electron chi connectivity index (χ0n) is 14.3. The van der Waals surface area contributed by atoms with Crippen LogP contribution in [0.1, 0.15) is 24.2 Å². The van der Waals surface area contributed by atoms with Gasteiger partial charge in [-0.2, -0.15) is 5.10 Å². The van der Waals surface area contributed by atoms with Crippen LogP contribution in [0.5, 0.6) is 0 Å². The molecule has 8 nitrogen and oxygen atoms in total. The monoisotopic (exact) mass is 367 g/mol. The molecule has 1 aromatic rings. The summed E-state index contributed by atoms with van der Waals surface area (Å²) in [5, 5.41) is 11.2. The molecule has 4 heterocycles. The molecule has 0 bridgehead atoms. The van der Waals surface area contributed by atoms with Crippen molar-refractivity contribution in [2.24, 2.45) is 0 Å². The van der Waals surface area contributed by atoms with Crippen LogP contribution in [0, 0.1) is 0 Å². The molecule has 2 fully saturated rings. The Labute approximate surface area is 147 Å². The number of aryl methyl sites for hydroxylation is 2. The zero-order chi connectivity index (χ0) is 17.4. The lowest BCUT2D eigenvalue weighted by Gasteiger charge is -2.37. The standard InChI is InChI=1S/C16H25N5O3S/c22-16(20-7-5-18-14-10-25(23,24)11-15(14)20)3-2-12-8-13-9-17-4-1-6-21(13)19-12/h8,14-15,17-18H,1-7,9-11H2/t14-,15+/m1/s1. The average Bonchev–Trinajstić information content (AvgIpc) is 3.03. The van der Waals surface area contributed by atoms with Crippen LogP contribution >= 0.6 is 0 Å². The molecule has 0 radical (unpaired) electrons. The van der Waals surface area contributed by atoms with Crippen molar-refractivity contribution in [3.05, 3.63) is 17.5 Å². The van der Waals surface area contributed by atoms with Gasteiger partial charge in [-0.15, -0.1) is 0 Å². The van der Waals surface area contributed by atoms with Gasteiger partial charge in [0.05, 0.1) is 28.9 Å². The Balaban J connectivity index is 1.39. The van der Waals surface area contributed by atoms with Crippen molar-refractivity contribution < 1.29 is 13.2 Å². The molecule has 2 N–H and O–H groups in total. The summed E-state index contributed by atoms with van der Waals surface area (Å²) < 4.78 is 25.8. The summed E-state index contributed by atoms with van der Waals surface area (Å²) in [7, 11) is -3.05. The average molecular weight is 367 g/mol. The Morgan fingerprint density at radius 2 is 2.16 bits per heavy atom. The molecule has 0 aliphatic carbocycles. The Morgan fingerprint density at radius 1 is 1.28 bits per heavy atom. The number of carbonyl (C=O) groups excluding carboxylic acids is 1. The Hall–Kier alpha value is -1.45. The first-order valence-corrected chi connectivity index (χ1v) is 10.8. The Bertz CT molecular complexity index is 736. The van der Waals surface area contributed by atoms with Crippen LogP contribution < -0.4 is 10.6 Å². The van der Waals surface area contributed by atoms with Gasteiger partial charge in [-0.1, -0.05) is 0 Å². The third kappa shape index (κ3) is 3.58. The van der Waals surface area contributed by atoms with Crippen molar-refractivity contribution in [3.8, 4) is 0 Å². The fourth-order valence-electron chi connectivity index (χ4n) is 4.10. The summed E-state index contributed by atoms with van der Waals surface area (Å²) >= 11 is 0. The maximum absolute atomic E-state index is 12.7. The number of hydrogen-bond acceptors (Lipinski definition) is 6. The number of carbonyl (C=O) groups is 1. The minimum atomic E-state index is -3.05. The molecule has 4 rings (SSSR count). The van der Waals surface area contributed by atoms with E-state index < -0.39 is 9.84 Å². The molecule has 3 aliphatic heterocycles. The largest absolute Gasteiger partial charge is 0.336 e. The van der Waals surface area contributed by atoms with Crippen LogP contribution in [0.25, 0.3) is 0 Å². The van der Waals surface area contributed by atoms with E-state index in [9.17, 15) is 13.2 Å². The number of sulfone groups is 1. The van der Waals surface area contributed by atoms with Gasteiger partial charge in [-0.3, -0.25) is 9.48 Å². The topological polar surface area (TPSA) is 96.3 Å². The van der Waals surface area contributed by atoms with Gasteiger partial charge in [-0.05, 0) is 19.0 Å². The second-order valence-corrected chi connectivity index (χ2v) is 9.33. The molecular weight excluding hydrogens is 342 g/mol. The predicted molar refractivity (Wildman–Crippen MR) is 92.8 cm³/mol. The first-order valence-electron chi connectivity index (χ1n) is 9.01. The third-order valence-corrected chi connectivity index (χ3v) is 7.06. The van der Waals surface area contributed by atoms with Crippen molar-refractivity contribution in [2.45, 2.75) is 44.4 Å². The first-order chi connectivity index (χ1) is 12.0. The van der Waals surface area contributed by atoms with E-state index in [2.05, 4.69) is 21.8 Å². The van der Waals surface area contributed by atoms with Gasteiger partial charge in [0, 0.05) is 45.1 Å². The molecule has 138 valence electrons. The van der Waals surface area contributed by atoms with E-state index in [0.717, 1.165) is 31.7 Å². The molecule has 1 aromatic heterocycles. The maximum Gasteiger partial charge on any atom is 0.223 e. The van der Waals surface area contributed by atoms with Gasteiger partial charge in [0.15, 0.2) is 9.84 Å². The molecule has 2 atom stereocenters. The van der Waals surface area contributed by atoms with E-state index in [0.29, 0.717) is 25.9 Å². The van der Waals surface area contributed by atoms with Gasteiger partial charge in [0.25, 0.3) is 0 Å². The summed E-state index contributed by atoms with van der Waals surface area (Å²) in [4.78, 5) is 14.5. The van der Waals surface area contributed by atoms with Gasteiger partial charge >= 0.3 is 0 Å². The Morgan fingerprint density at radius 3 is 3.04 bits per heavy atom. The van der Waals surface area contributed by atoms with Crippen molar-refractivity contribution in [1.82, 2.24) is 25.3 Å². The SMILES string of the molecule is O=C(CCc1cc2n(n1)CCCNC2)N1CCN[C@@H]2CS(=O)(=O)C[C@@H]21.